The van der Waals surface area contributed by atoms with Gasteiger partial charge in [0.05, 0.1) is 29.8 Å². The van der Waals surface area contributed by atoms with Crippen molar-refractivity contribution in [2.45, 2.75) is 32.1 Å². The summed E-state index contributed by atoms with van der Waals surface area (Å²) in [6, 6.07) is -0.493. The van der Waals surface area contributed by atoms with Crippen LogP contribution in [-0.2, 0) is 14.7 Å². The topological polar surface area (TPSA) is 75.6 Å². The first kappa shape index (κ1) is 10.9. The molecule has 0 aliphatic carbocycles. The van der Waals surface area contributed by atoms with Crippen LogP contribution in [0, 0.1) is 0 Å². The number of aliphatic hydroxyl groups is 1. The van der Waals surface area contributed by atoms with Gasteiger partial charge in [-0.3, -0.25) is 4.84 Å². The zero-order valence-electron chi connectivity index (χ0n) is 7.73. The molecule has 0 radical (unpaired) electrons. The van der Waals surface area contributed by atoms with Gasteiger partial charge in [-0.1, -0.05) is 0 Å². The number of hydroxylamine groups is 1. The van der Waals surface area contributed by atoms with Crippen molar-refractivity contribution in [3.05, 3.63) is 0 Å². The lowest BCUT2D eigenvalue weighted by molar-refractivity contribution is -0.0420. The summed E-state index contributed by atoms with van der Waals surface area (Å²) >= 11 is 0. The van der Waals surface area contributed by atoms with Gasteiger partial charge < -0.3 is 5.11 Å². The maximum Gasteiger partial charge on any atom is 0.154 e. The van der Waals surface area contributed by atoms with Crippen LogP contribution >= 0.6 is 0 Å². The highest BCUT2D eigenvalue weighted by Gasteiger charge is 2.36. The minimum atomic E-state index is -3.09. The van der Waals surface area contributed by atoms with E-state index in [0.29, 0.717) is 0 Å². The van der Waals surface area contributed by atoms with Crippen molar-refractivity contribution in [1.29, 1.82) is 0 Å². The molecule has 6 heteroatoms. The number of nitrogens with one attached hydrogen (secondary N) is 1. The standard InChI is InChI=1S/C7H15NO4S/c1-5(2)12-8-6-3-13(10,11)4-7(6)9/h5-9H,3-4H2,1-2H3. The summed E-state index contributed by atoms with van der Waals surface area (Å²) in [5, 5.41) is 9.32. The molecule has 0 aromatic rings. The molecule has 1 aliphatic rings. The van der Waals surface area contributed by atoms with Gasteiger partial charge in [0.1, 0.15) is 0 Å². The van der Waals surface area contributed by atoms with Crippen LogP contribution in [0.5, 0.6) is 0 Å². The quantitative estimate of drug-likeness (QED) is 0.588. The zero-order valence-corrected chi connectivity index (χ0v) is 8.54. The van der Waals surface area contributed by atoms with Gasteiger partial charge in [0, 0.05) is 0 Å². The summed E-state index contributed by atoms with van der Waals surface area (Å²) in [5.41, 5.74) is 2.56. The Balaban J connectivity index is 2.44. The van der Waals surface area contributed by atoms with E-state index in [9.17, 15) is 13.5 Å². The third kappa shape index (κ3) is 3.22. The Kier molecular flexibility index (Phi) is 3.28. The zero-order chi connectivity index (χ0) is 10.1. The van der Waals surface area contributed by atoms with Crippen molar-refractivity contribution < 1.29 is 18.4 Å². The molecule has 1 rings (SSSR count). The molecule has 2 unspecified atom stereocenters. The number of hydrogen-bond acceptors (Lipinski definition) is 5. The second-order valence-electron chi connectivity index (χ2n) is 3.54. The van der Waals surface area contributed by atoms with E-state index < -0.39 is 22.0 Å². The Hall–Kier alpha value is -0.170. The predicted octanol–water partition coefficient (Wildman–Crippen LogP) is -0.926. The number of aliphatic hydroxyl groups excluding tert-OH is 1. The molecule has 1 saturated heterocycles. The molecule has 0 bridgehead atoms. The first-order chi connectivity index (χ1) is 5.91. The molecule has 1 fully saturated rings. The Bertz CT molecular complexity index is 262. The van der Waals surface area contributed by atoms with Gasteiger partial charge in [-0.2, -0.15) is 5.48 Å². The van der Waals surface area contributed by atoms with E-state index in [1.165, 1.54) is 0 Å². The lowest BCUT2D eigenvalue weighted by Crippen LogP contribution is -2.40. The Morgan fingerprint density at radius 1 is 1.46 bits per heavy atom. The van der Waals surface area contributed by atoms with E-state index in [1.807, 2.05) is 13.8 Å². The first-order valence-electron chi connectivity index (χ1n) is 4.20. The molecule has 0 saturated carbocycles. The molecule has 13 heavy (non-hydrogen) atoms. The second-order valence-corrected chi connectivity index (χ2v) is 5.69. The van der Waals surface area contributed by atoms with Crippen LogP contribution < -0.4 is 5.48 Å². The molecule has 2 N–H and O–H groups in total. The molecule has 0 aromatic heterocycles. The van der Waals surface area contributed by atoms with Crippen molar-refractivity contribution in [3.8, 4) is 0 Å². The van der Waals surface area contributed by atoms with Crippen molar-refractivity contribution in [2.24, 2.45) is 0 Å². The minimum absolute atomic E-state index is 0.0319. The van der Waals surface area contributed by atoms with Crippen LogP contribution in [0.4, 0.5) is 0 Å². The van der Waals surface area contributed by atoms with Gasteiger partial charge >= 0.3 is 0 Å². The van der Waals surface area contributed by atoms with Gasteiger partial charge in [-0.25, -0.2) is 8.42 Å². The fraction of sp³-hybridized carbons (Fsp3) is 1.00. The monoisotopic (exact) mass is 209 g/mol. The largest absolute Gasteiger partial charge is 0.390 e. The van der Waals surface area contributed by atoms with Crippen LogP contribution in [0.15, 0.2) is 0 Å². The fourth-order valence-corrected chi connectivity index (χ4v) is 2.89. The summed E-state index contributed by atoms with van der Waals surface area (Å²) in [6.07, 6.45) is -0.890. The van der Waals surface area contributed by atoms with E-state index in [1.54, 1.807) is 0 Å². The minimum Gasteiger partial charge on any atom is -0.390 e. The first-order valence-corrected chi connectivity index (χ1v) is 6.02. The van der Waals surface area contributed by atoms with Gasteiger partial charge in [0.2, 0.25) is 0 Å². The smallest absolute Gasteiger partial charge is 0.154 e. The van der Waals surface area contributed by atoms with Crippen LogP contribution in [0.1, 0.15) is 13.8 Å². The summed E-state index contributed by atoms with van der Waals surface area (Å²) in [6.45, 7) is 3.64. The lowest BCUT2D eigenvalue weighted by atomic mass is 10.2. The van der Waals surface area contributed by atoms with Crippen LogP contribution in [-0.4, -0.2) is 43.3 Å². The molecule has 78 valence electrons. The summed E-state index contributed by atoms with van der Waals surface area (Å²) in [5.74, 6) is -0.229. The Labute approximate surface area is 78.0 Å². The number of rotatable bonds is 3. The molecule has 0 spiro atoms. The molecule has 1 heterocycles. The van der Waals surface area contributed by atoms with Gasteiger partial charge in [-0.05, 0) is 13.8 Å². The molecule has 0 aromatic carbocycles. The van der Waals surface area contributed by atoms with Gasteiger partial charge in [0.15, 0.2) is 9.84 Å². The van der Waals surface area contributed by atoms with Crippen LogP contribution in [0.2, 0.25) is 0 Å². The highest BCUT2D eigenvalue weighted by atomic mass is 32.2. The summed E-state index contributed by atoms with van der Waals surface area (Å²) < 4.78 is 22.1. The van der Waals surface area contributed by atoms with E-state index in [4.69, 9.17) is 4.84 Å². The van der Waals surface area contributed by atoms with Gasteiger partial charge in [-0.15, -0.1) is 0 Å². The van der Waals surface area contributed by atoms with Crippen molar-refractivity contribution in [1.82, 2.24) is 5.48 Å². The maximum absolute atomic E-state index is 11.0. The highest BCUT2D eigenvalue weighted by molar-refractivity contribution is 7.91. The molecule has 0 amide bonds. The predicted molar refractivity (Wildman–Crippen MR) is 47.8 cm³/mol. The molecule has 5 nitrogen and oxygen atoms in total. The Morgan fingerprint density at radius 3 is 2.46 bits per heavy atom. The third-order valence-electron chi connectivity index (χ3n) is 1.78. The average Bonchev–Trinajstić information content (AvgIpc) is 2.20. The van der Waals surface area contributed by atoms with E-state index in [0.717, 1.165) is 0 Å². The van der Waals surface area contributed by atoms with E-state index >= 15 is 0 Å². The molecular formula is C7H15NO4S. The SMILES string of the molecule is CC(C)ONC1CS(=O)(=O)CC1O. The highest BCUT2D eigenvalue weighted by Crippen LogP contribution is 2.12. The lowest BCUT2D eigenvalue weighted by Gasteiger charge is -2.16. The Morgan fingerprint density at radius 2 is 2.08 bits per heavy atom. The summed E-state index contributed by atoms with van der Waals surface area (Å²) in [7, 11) is -3.09. The van der Waals surface area contributed by atoms with E-state index in [2.05, 4.69) is 5.48 Å². The average molecular weight is 209 g/mol. The van der Waals surface area contributed by atoms with Crippen molar-refractivity contribution >= 4 is 9.84 Å². The van der Waals surface area contributed by atoms with Crippen LogP contribution in [0.25, 0.3) is 0 Å². The van der Waals surface area contributed by atoms with Crippen molar-refractivity contribution in [2.75, 3.05) is 11.5 Å². The third-order valence-corrected chi connectivity index (χ3v) is 3.49. The summed E-state index contributed by atoms with van der Waals surface area (Å²) in [4.78, 5) is 5.02. The normalized spacial score (nSPS) is 32.6. The van der Waals surface area contributed by atoms with Crippen LogP contribution in [0.3, 0.4) is 0 Å². The molecule has 2 atom stereocenters. The molecule has 1 aliphatic heterocycles. The molecular weight excluding hydrogens is 194 g/mol. The number of hydrogen-bond donors (Lipinski definition) is 2. The van der Waals surface area contributed by atoms with Gasteiger partial charge in [0.25, 0.3) is 0 Å². The van der Waals surface area contributed by atoms with E-state index in [-0.39, 0.29) is 17.6 Å². The second kappa shape index (κ2) is 3.91. The maximum atomic E-state index is 11.0. The van der Waals surface area contributed by atoms with Crippen molar-refractivity contribution in [3.63, 3.8) is 0 Å². The fourth-order valence-electron chi connectivity index (χ4n) is 1.17. The number of sulfone groups is 1.